The van der Waals surface area contributed by atoms with E-state index >= 15 is 0 Å². The fourth-order valence-electron chi connectivity index (χ4n) is 2.61. The van der Waals surface area contributed by atoms with Gasteiger partial charge in [0, 0.05) is 24.6 Å². The Hall–Kier alpha value is -1.49. The molecule has 1 aromatic rings. The Morgan fingerprint density at radius 2 is 2.20 bits per heavy atom. The second-order valence-corrected chi connectivity index (χ2v) is 5.07. The lowest BCUT2D eigenvalue weighted by molar-refractivity contribution is -0.129. The van der Waals surface area contributed by atoms with Gasteiger partial charge in [-0.2, -0.15) is 0 Å². The Labute approximate surface area is 118 Å². The predicted octanol–water partition coefficient (Wildman–Crippen LogP) is 2.46. The molecule has 1 aromatic carbocycles. The van der Waals surface area contributed by atoms with Crippen molar-refractivity contribution in [1.82, 2.24) is 10.2 Å². The first-order valence-corrected chi connectivity index (χ1v) is 7.06. The molecule has 1 amide bonds. The molecular weight excluding hydrogens is 262 g/mol. The van der Waals surface area contributed by atoms with Crippen LogP contribution in [0.2, 0.25) is 0 Å². The van der Waals surface area contributed by atoms with E-state index in [1.54, 1.807) is 4.90 Å². The number of halogens is 2. The minimum atomic E-state index is -0.863. The highest BCUT2D eigenvalue weighted by atomic mass is 19.2. The second kappa shape index (κ2) is 6.79. The third-order valence-electron chi connectivity index (χ3n) is 3.73. The van der Waals surface area contributed by atoms with Crippen molar-refractivity contribution in [2.24, 2.45) is 0 Å². The predicted molar refractivity (Wildman–Crippen MR) is 73.1 cm³/mol. The van der Waals surface area contributed by atoms with Crippen molar-refractivity contribution >= 4 is 5.91 Å². The average molecular weight is 282 g/mol. The largest absolute Gasteiger partial charge is 0.335 e. The molecule has 5 heteroatoms. The summed E-state index contributed by atoms with van der Waals surface area (Å²) < 4.78 is 26.9. The summed E-state index contributed by atoms with van der Waals surface area (Å²) in [6.07, 6.45) is 2.13. The van der Waals surface area contributed by atoms with Gasteiger partial charge in [0.05, 0.1) is 0 Å². The highest BCUT2D eigenvalue weighted by Crippen LogP contribution is 2.24. The molecule has 0 bridgehead atoms. The van der Waals surface area contributed by atoms with E-state index in [1.807, 2.05) is 6.92 Å². The van der Waals surface area contributed by atoms with Crippen LogP contribution in [0.1, 0.15) is 31.7 Å². The van der Waals surface area contributed by atoms with Crippen LogP contribution in [0.5, 0.6) is 0 Å². The van der Waals surface area contributed by atoms with Crippen molar-refractivity contribution in [2.75, 3.05) is 13.1 Å². The van der Waals surface area contributed by atoms with Crippen molar-refractivity contribution in [3.63, 3.8) is 0 Å². The normalized spacial score (nSPS) is 18.9. The molecule has 110 valence electrons. The summed E-state index contributed by atoms with van der Waals surface area (Å²) in [5, 5.41) is 3.22. The van der Waals surface area contributed by atoms with Crippen molar-refractivity contribution in [1.29, 1.82) is 0 Å². The molecule has 0 saturated carbocycles. The molecular formula is C15H20F2N2O. The number of nitrogens with one attached hydrogen (secondary N) is 1. The average Bonchev–Trinajstić information content (AvgIpc) is 2.77. The van der Waals surface area contributed by atoms with Crippen molar-refractivity contribution < 1.29 is 13.6 Å². The van der Waals surface area contributed by atoms with Crippen LogP contribution in [0.4, 0.5) is 8.78 Å². The van der Waals surface area contributed by atoms with Gasteiger partial charge in [-0.25, -0.2) is 8.78 Å². The molecule has 20 heavy (non-hydrogen) atoms. The van der Waals surface area contributed by atoms with Crippen LogP contribution >= 0.6 is 0 Å². The zero-order chi connectivity index (χ0) is 14.5. The second-order valence-electron chi connectivity index (χ2n) is 5.07. The fraction of sp³-hybridized carbons (Fsp3) is 0.533. The molecule has 0 aliphatic carbocycles. The van der Waals surface area contributed by atoms with Crippen LogP contribution < -0.4 is 5.32 Å². The van der Waals surface area contributed by atoms with Gasteiger partial charge in [0.25, 0.3) is 0 Å². The zero-order valence-electron chi connectivity index (χ0n) is 11.7. The molecule has 2 rings (SSSR count). The van der Waals surface area contributed by atoms with Gasteiger partial charge in [-0.05, 0) is 32.0 Å². The van der Waals surface area contributed by atoms with E-state index in [0.29, 0.717) is 6.42 Å². The number of hydrogen-bond donors (Lipinski definition) is 1. The third-order valence-corrected chi connectivity index (χ3v) is 3.73. The van der Waals surface area contributed by atoms with E-state index in [1.165, 1.54) is 12.1 Å². The Morgan fingerprint density at radius 1 is 1.40 bits per heavy atom. The van der Waals surface area contributed by atoms with Gasteiger partial charge in [-0.1, -0.05) is 19.1 Å². The molecule has 1 saturated heterocycles. The SMILES string of the molecule is CCNCC[C@@H]1CCC(=O)N1Cc1cccc(F)c1F. The molecule has 0 radical (unpaired) electrons. The summed E-state index contributed by atoms with van der Waals surface area (Å²) in [4.78, 5) is 13.6. The van der Waals surface area contributed by atoms with Gasteiger partial charge in [0.1, 0.15) is 0 Å². The number of carbonyl (C=O) groups excluding carboxylic acids is 1. The minimum absolute atomic E-state index is 0.0233. The topological polar surface area (TPSA) is 32.3 Å². The lowest BCUT2D eigenvalue weighted by Crippen LogP contribution is -2.35. The van der Waals surface area contributed by atoms with Gasteiger partial charge in [0.2, 0.25) is 5.91 Å². The van der Waals surface area contributed by atoms with Crippen LogP contribution in [0.3, 0.4) is 0 Å². The number of likely N-dealkylation sites (tertiary alicyclic amines) is 1. The number of amides is 1. The Morgan fingerprint density at radius 3 is 2.95 bits per heavy atom. The highest BCUT2D eigenvalue weighted by Gasteiger charge is 2.31. The van der Waals surface area contributed by atoms with Crippen LogP contribution in [-0.4, -0.2) is 29.9 Å². The molecule has 0 spiro atoms. The fourth-order valence-corrected chi connectivity index (χ4v) is 2.61. The standard InChI is InChI=1S/C15H20F2N2O/c1-2-18-9-8-12-6-7-14(20)19(12)10-11-4-3-5-13(16)15(11)17/h3-5,12,18H,2,6-10H2,1H3/t12-/m0/s1. The van der Waals surface area contributed by atoms with E-state index in [2.05, 4.69) is 5.32 Å². The number of carbonyl (C=O) groups is 1. The van der Waals surface area contributed by atoms with E-state index in [-0.39, 0.29) is 24.1 Å². The van der Waals surface area contributed by atoms with Gasteiger partial charge in [-0.15, -0.1) is 0 Å². The van der Waals surface area contributed by atoms with E-state index < -0.39 is 11.6 Å². The summed E-state index contributed by atoms with van der Waals surface area (Å²) in [5.74, 6) is -1.69. The third kappa shape index (κ3) is 3.33. The van der Waals surface area contributed by atoms with Crippen LogP contribution in [0.15, 0.2) is 18.2 Å². The van der Waals surface area contributed by atoms with E-state index in [9.17, 15) is 13.6 Å². The molecule has 3 nitrogen and oxygen atoms in total. The zero-order valence-corrected chi connectivity index (χ0v) is 11.7. The number of rotatable bonds is 6. The molecule has 1 heterocycles. The quantitative estimate of drug-likeness (QED) is 0.813. The van der Waals surface area contributed by atoms with Crippen molar-refractivity contribution in [2.45, 2.75) is 38.8 Å². The summed E-state index contributed by atoms with van der Waals surface area (Å²) in [5.41, 5.74) is 0.244. The summed E-state index contributed by atoms with van der Waals surface area (Å²) in [6, 6.07) is 4.21. The summed E-state index contributed by atoms with van der Waals surface area (Å²) >= 11 is 0. The van der Waals surface area contributed by atoms with Crippen LogP contribution in [-0.2, 0) is 11.3 Å². The molecule has 0 unspecified atom stereocenters. The van der Waals surface area contributed by atoms with Gasteiger partial charge >= 0.3 is 0 Å². The molecule has 1 aliphatic heterocycles. The summed E-state index contributed by atoms with van der Waals surface area (Å²) in [6.45, 7) is 3.90. The first-order valence-electron chi connectivity index (χ1n) is 7.06. The monoisotopic (exact) mass is 282 g/mol. The lowest BCUT2D eigenvalue weighted by atomic mass is 10.1. The smallest absolute Gasteiger partial charge is 0.223 e. The summed E-state index contributed by atoms with van der Waals surface area (Å²) in [7, 11) is 0. The highest BCUT2D eigenvalue weighted by molar-refractivity contribution is 5.78. The maximum Gasteiger partial charge on any atom is 0.223 e. The molecule has 0 aromatic heterocycles. The van der Waals surface area contributed by atoms with E-state index in [0.717, 1.165) is 32.0 Å². The lowest BCUT2D eigenvalue weighted by Gasteiger charge is -2.25. The maximum atomic E-state index is 13.7. The number of hydrogen-bond acceptors (Lipinski definition) is 2. The Bertz CT molecular complexity index is 479. The number of nitrogens with zero attached hydrogens (tertiary/aromatic N) is 1. The molecule has 1 fully saturated rings. The molecule has 1 atom stereocenters. The minimum Gasteiger partial charge on any atom is -0.335 e. The van der Waals surface area contributed by atoms with Gasteiger partial charge < -0.3 is 10.2 Å². The first-order chi connectivity index (χ1) is 9.63. The van der Waals surface area contributed by atoms with Crippen LogP contribution in [0, 0.1) is 11.6 Å². The van der Waals surface area contributed by atoms with Crippen LogP contribution in [0.25, 0.3) is 0 Å². The maximum absolute atomic E-state index is 13.7. The van der Waals surface area contributed by atoms with E-state index in [4.69, 9.17) is 0 Å². The van der Waals surface area contributed by atoms with Crippen molar-refractivity contribution in [3.05, 3.63) is 35.4 Å². The molecule has 1 aliphatic rings. The van der Waals surface area contributed by atoms with Crippen molar-refractivity contribution in [3.8, 4) is 0 Å². The van der Waals surface area contributed by atoms with Gasteiger partial charge in [-0.3, -0.25) is 4.79 Å². The number of benzene rings is 1. The Kier molecular flexibility index (Phi) is 5.06. The first kappa shape index (κ1) is 14.9. The Balaban J connectivity index is 2.05. The molecule has 1 N–H and O–H groups in total. The van der Waals surface area contributed by atoms with Gasteiger partial charge in [0.15, 0.2) is 11.6 Å².